The normalized spacial score (nSPS) is 14.9. The second-order valence-electron chi connectivity index (χ2n) is 15.4. The Morgan fingerprint density at radius 3 is 2.23 bits per heavy atom. The van der Waals surface area contributed by atoms with Gasteiger partial charge in [-0.2, -0.15) is 8.42 Å². The van der Waals surface area contributed by atoms with E-state index < -0.39 is 21.5 Å². The lowest BCUT2D eigenvalue weighted by molar-refractivity contribution is -0.145. The van der Waals surface area contributed by atoms with Crippen molar-refractivity contribution >= 4 is 27.9 Å². The van der Waals surface area contributed by atoms with E-state index in [1.807, 2.05) is 32.1 Å². The summed E-state index contributed by atoms with van der Waals surface area (Å²) >= 11 is 0. The Kier molecular flexibility index (Phi) is 13.2. The van der Waals surface area contributed by atoms with Crippen molar-refractivity contribution in [1.29, 1.82) is 0 Å². The van der Waals surface area contributed by atoms with Crippen LogP contribution in [0.4, 0.5) is 5.69 Å². The van der Waals surface area contributed by atoms with Gasteiger partial charge in [0.25, 0.3) is 10.1 Å². The molecule has 3 aliphatic rings. The maximum absolute atomic E-state index is 12.4. The number of unbranched alkanes of at least 4 members (excludes halogenated alkanes) is 2. The molecule has 5 rings (SSSR count). The summed E-state index contributed by atoms with van der Waals surface area (Å²) < 4.78 is 54.3. The molecule has 0 saturated heterocycles. The van der Waals surface area contributed by atoms with Gasteiger partial charge in [0.2, 0.25) is 17.1 Å². The number of methoxy groups -OCH3 is 2. The minimum absolute atomic E-state index is 0.0773. The number of allylic oxidation sites excluding steroid dienone is 3. The Bertz CT molecular complexity index is 2210. The summed E-state index contributed by atoms with van der Waals surface area (Å²) in [4.78, 5) is 19.4. The van der Waals surface area contributed by atoms with Crippen LogP contribution >= 0.6 is 0 Å². The molecule has 3 heterocycles. The Balaban J connectivity index is 1.45. The van der Waals surface area contributed by atoms with Gasteiger partial charge < -0.3 is 33.8 Å². The molecule has 0 saturated carbocycles. The molecule has 56 heavy (non-hydrogen) atoms. The van der Waals surface area contributed by atoms with Gasteiger partial charge in [0, 0.05) is 67.7 Å². The molecule has 0 radical (unpaired) electrons. The maximum Gasteiger partial charge on any atom is 0.333 e. The Morgan fingerprint density at radius 2 is 1.61 bits per heavy atom. The highest BCUT2D eigenvalue weighted by molar-refractivity contribution is 7.85. The number of fused-ring (bicyclic) bond motifs is 2. The van der Waals surface area contributed by atoms with E-state index in [4.69, 9.17) is 18.7 Å². The predicted molar refractivity (Wildman–Crippen MR) is 214 cm³/mol. The van der Waals surface area contributed by atoms with Crippen molar-refractivity contribution in [2.24, 2.45) is 0 Å². The van der Waals surface area contributed by atoms with Crippen LogP contribution in [0.15, 0.2) is 81.8 Å². The van der Waals surface area contributed by atoms with Gasteiger partial charge in [-0.25, -0.2) is 9.37 Å². The fourth-order valence-electron chi connectivity index (χ4n) is 7.02. The third kappa shape index (κ3) is 9.73. The summed E-state index contributed by atoms with van der Waals surface area (Å²) in [5, 5.41) is 20.5. The number of hydrogen-bond acceptors (Lipinski definition) is 10. The van der Waals surface area contributed by atoms with Crippen LogP contribution in [0.3, 0.4) is 0 Å². The molecular weight excluding hydrogens is 739 g/mol. The Hall–Kier alpha value is -4.89. The Morgan fingerprint density at radius 1 is 0.929 bits per heavy atom. The fraction of sp³-hybridized carbons (Fsp3) is 0.429. The number of benzene rings is 2. The van der Waals surface area contributed by atoms with E-state index in [0.29, 0.717) is 62.6 Å². The number of aromatic hydroxyl groups is 2. The van der Waals surface area contributed by atoms with Crippen molar-refractivity contribution in [1.82, 2.24) is 9.31 Å². The highest BCUT2D eigenvalue weighted by Gasteiger charge is 2.40. The predicted octanol–water partition coefficient (Wildman–Crippen LogP) is 6.12. The summed E-state index contributed by atoms with van der Waals surface area (Å²) in [6, 6.07) is 15.4. The van der Waals surface area contributed by atoms with E-state index in [9.17, 15) is 28.0 Å². The summed E-state index contributed by atoms with van der Waals surface area (Å²) in [6.45, 7) is 13.6. The number of ether oxygens (including phenoxy) is 2. The molecule has 302 valence electrons. The standard InChI is InChI=1S/C42H53N3O10S/c1-41(2,3)33-27-30(54-36-26-29(15-17-32(33)36)43(22-24-52-6)23-25-53-7)12-11-13-37-42(4,5)34-28-31(56(49,50)51)16-18-35(34)44(37)21-10-8-9-14-40(48)55-45-38(46)19-20-39(45)47/h11-13,15-20,26-28H,8-10,14,21-25H2,1-7H3,(H2-,46,47,49,50,51)/p+1. The first-order chi connectivity index (χ1) is 26.4. The number of carbonyl (C=O) groups excluding carboxylic acids is 1. The van der Waals surface area contributed by atoms with Crippen LogP contribution in [-0.2, 0) is 35.2 Å². The number of anilines is 1. The second kappa shape index (κ2) is 17.5. The van der Waals surface area contributed by atoms with E-state index in [0.717, 1.165) is 39.2 Å². The van der Waals surface area contributed by atoms with Crippen LogP contribution in [0, 0.1) is 0 Å². The number of hydrogen-bond donors (Lipinski definition) is 3. The van der Waals surface area contributed by atoms with Crippen LogP contribution in [0.1, 0.15) is 77.2 Å². The average Bonchev–Trinajstić information content (AvgIpc) is 3.56. The van der Waals surface area contributed by atoms with Gasteiger partial charge in [0.05, 0.1) is 11.0 Å². The maximum atomic E-state index is 12.4. The first kappa shape index (κ1) is 42.3. The molecule has 0 fully saturated rings. The van der Waals surface area contributed by atoms with E-state index in [1.165, 1.54) is 24.3 Å². The van der Waals surface area contributed by atoms with Gasteiger partial charge >= 0.3 is 5.97 Å². The number of aromatic nitrogens is 1. The minimum Gasteiger partial charge on any atom is -0.492 e. The molecule has 13 nitrogen and oxygen atoms in total. The van der Waals surface area contributed by atoms with Crippen LogP contribution in [0.5, 0.6) is 11.8 Å². The molecule has 3 N–H and O–H groups in total. The molecule has 0 amide bonds. The van der Waals surface area contributed by atoms with Crippen LogP contribution < -0.4 is 19.7 Å². The third-order valence-electron chi connectivity index (χ3n) is 10.0. The van der Waals surface area contributed by atoms with E-state index >= 15 is 0 Å². The molecule has 0 bridgehead atoms. The van der Waals surface area contributed by atoms with Gasteiger partial charge in [-0.1, -0.05) is 47.1 Å². The molecule has 1 aromatic carbocycles. The lowest BCUT2D eigenvalue weighted by Gasteiger charge is -2.27. The summed E-state index contributed by atoms with van der Waals surface area (Å²) in [7, 11) is -1.06. The van der Waals surface area contributed by atoms with Gasteiger partial charge in [-0.15, -0.1) is 4.73 Å². The van der Waals surface area contributed by atoms with Crippen LogP contribution in [-0.4, -0.2) is 81.0 Å². The van der Waals surface area contributed by atoms with E-state index in [-0.39, 0.29) is 28.5 Å². The third-order valence-corrected chi connectivity index (χ3v) is 10.9. The number of nitrogens with zero attached hydrogens (tertiary/aromatic N) is 3. The van der Waals surface area contributed by atoms with E-state index in [2.05, 4.69) is 54.5 Å². The number of carbonyl (C=O) groups is 1. The zero-order chi connectivity index (χ0) is 40.8. The molecule has 2 aromatic rings. The highest BCUT2D eigenvalue weighted by Crippen LogP contribution is 2.48. The zero-order valence-electron chi connectivity index (χ0n) is 33.2. The number of rotatable bonds is 16. The zero-order valence-corrected chi connectivity index (χ0v) is 34.1. The largest absolute Gasteiger partial charge is 0.492 e. The first-order valence-electron chi connectivity index (χ1n) is 18.7. The molecule has 0 spiro atoms. The topological polar surface area (TPSA) is 164 Å². The van der Waals surface area contributed by atoms with Crippen molar-refractivity contribution in [3.8, 4) is 23.1 Å². The molecule has 0 atom stereocenters. The summed E-state index contributed by atoms with van der Waals surface area (Å²) in [6.07, 6.45) is 7.80. The minimum atomic E-state index is -4.43. The smallest absolute Gasteiger partial charge is 0.333 e. The van der Waals surface area contributed by atoms with Gasteiger partial charge in [0.1, 0.15) is 24.7 Å². The molecular formula is C42H54N3O10S+. The van der Waals surface area contributed by atoms with Crippen molar-refractivity contribution in [3.05, 3.63) is 94.7 Å². The van der Waals surface area contributed by atoms with Crippen molar-refractivity contribution < 1.29 is 46.7 Å². The molecule has 14 heteroatoms. The first-order valence-corrected chi connectivity index (χ1v) is 20.1. The van der Waals surface area contributed by atoms with Crippen molar-refractivity contribution in [3.63, 3.8) is 0 Å². The quantitative estimate of drug-likeness (QED) is 0.0681. The molecule has 2 aliphatic heterocycles. The molecule has 1 aromatic heterocycles. The van der Waals surface area contributed by atoms with E-state index in [1.54, 1.807) is 20.3 Å². The van der Waals surface area contributed by atoms with Crippen LogP contribution in [0.25, 0.3) is 17.4 Å². The van der Waals surface area contributed by atoms with Gasteiger partial charge in [0.15, 0.2) is 13.1 Å². The average molecular weight is 793 g/mol. The van der Waals surface area contributed by atoms with Gasteiger partial charge in [-0.3, -0.25) is 4.55 Å². The fourth-order valence-corrected chi connectivity index (χ4v) is 7.52. The second-order valence-corrected chi connectivity index (χ2v) is 16.8. The van der Waals surface area contributed by atoms with Crippen molar-refractivity contribution in [2.45, 2.75) is 76.0 Å². The van der Waals surface area contributed by atoms with Crippen molar-refractivity contribution in [2.75, 3.05) is 52.0 Å². The molecule has 0 unspecified atom stereocenters. The summed E-state index contributed by atoms with van der Waals surface area (Å²) in [5.74, 6) is 0.0593. The molecule has 1 aliphatic carbocycles. The monoisotopic (exact) mass is 792 g/mol. The lowest BCUT2D eigenvalue weighted by Crippen LogP contribution is -2.35. The van der Waals surface area contributed by atoms with Crippen LogP contribution in [0.2, 0.25) is 0 Å². The summed E-state index contributed by atoms with van der Waals surface area (Å²) in [5.41, 5.74) is 3.85. The Labute approximate surface area is 328 Å². The lowest BCUT2D eigenvalue weighted by atomic mass is 9.82. The SMILES string of the molecule is COCC[N+](CCOC)=c1ccc2c(C(C)(C)C)cc(C=CC=C3N(CCCCCC(=O)On4c(O)ccc4O)c4ccc(S(=O)(=O)O)cc4C3(C)C)oc-2c1. The highest BCUT2D eigenvalue weighted by atomic mass is 32.2. The van der Waals surface area contributed by atoms with Gasteiger partial charge in [-0.05, 0) is 71.9 Å².